The molecule has 6 saturated carbocycles. The quantitative estimate of drug-likeness (QED) is 0.0910. The van der Waals surface area contributed by atoms with Crippen molar-refractivity contribution in [1.82, 2.24) is 0 Å². The van der Waals surface area contributed by atoms with E-state index in [1.807, 2.05) is 0 Å². The van der Waals surface area contributed by atoms with E-state index >= 15 is 0 Å². The molecule has 344 valence electrons. The molecule has 0 nitrogen and oxygen atoms in total. The Morgan fingerprint density at radius 2 is 1.36 bits per heavy atom. The summed E-state index contributed by atoms with van der Waals surface area (Å²) < 4.78 is 0. The van der Waals surface area contributed by atoms with Crippen LogP contribution in [-0.2, 0) is 0 Å². The average Bonchev–Trinajstić information content (AvgIpc) is 3.60. The van der Waals surface area contributed by atoms with Crippen LogP contribution in [0.3, 0.4) is 0 Å². The summed E-state index contributed by atoms with van der Waals surface area (Å²) in [6.07, 6.45) is 29.5. The van der Waals surface area contributed by atoms with Crippen LogP contribution in [-0.4, -0.2) is 0 Å². The third kappa shape index (κ3) is 10.1. The molecule has 6 aliphatic carbocycles. The van der Waals surface area contributed by atoms with Gasteiger partial charge in [0, 0.05) is 0 Å². The summed E-state index contributed by atoms with van der Waals surface area (Å²) in [6, 6.07) is 0. The lowest BCUT2D eigenvalue weighted by Gasteiger charge is -2.58. The topological polar surface area (TPSA) is 0 Å². The maximum absolute atomic E-state index is 2.80. The Balaban J connectivity index is 0.996. The monoisotopic (exact) mass is 817 g/mol. The van der Waals surface area contributed by atoms with Crippen LogP contribution in [0.4, 0.5) is 0 Å². The molecule has 0 spiro atoms. The molecule has 0 saturated heterocycles. The first-order valence-corrected chi connectivity index (χ1v) is 27.5. The molecule has 0 aliphatic heterocycles. The second-order valence-corrected chi connectivity index (χ2v) is 27.9. The molecule has 0 aromatic rings. The first-order valence-electron chi connectivity index (χ1n) is 27.5. The van der Waals surface area contributed by atoms with E-state index in [1.165, 1.54) is 116 Å². The molecular formula is C59H108. The summed E-state index contributed by atoms with van der Waals surface area (Å²) >= 11 is 0. The van der Waals surface area contributed by atoms with Crippen molar-refractivity contribution in [2.75, 3.05) is 0 Å². The van der Waals surface area contributed by atoms with Gasteiger partial charge in [0.25, 0.3) is 0 Å². The third-order valence-electron chi connectivity index (χ3n) is 23.1. The van der Waals surface area contributed by atoms with Crippen molar-refractivity contribution in [3.05, 3.63) is 0 Å². The van der Waals surface area contributed by atoms with E-state index in [0.717, 1.165) is 101 Å². The summed E-state index contributed by atoms with van der Waals surface area (Å²) in [5, 5.41) is 0. The van der Waals surface area contributed by atoms with Crippen LogP contribution in [0.2, 0.25) is 0 Å². The fraction of sp³-hybridized carbons (Fsp3) is 1.00. The minimum absolute atomic E-state index is 0.473. The van der Waals surface area contributed by atoms with Crippen LogP contribution in [0.25, 0.3) is 0 Å². The first kappa shape index (κ1) is 48.5. The Labute approximate surface area is 372 Å². The summed E-state index contributed by atoms with van der Waals surface area (Å²) in [5.74, 6) is 16.3. The Bertz CT molecular complexity index is 1310. The molecule has 0 N–H and O–H groups in total. The average molecular weight is 818 g/mol. The van der Waals surface area contributed by atoms with Gasteiger partial charge in [-0.25, -0.2) is 0 Å². The van der Waals surface area contributed by atoms with Crippen LogP contribution in [0, 0.1) is 128 Å². The van der Waals surface area contributed by atoms with E-state index in [1.54, 1.807) is 12.8 Å². The van der Waals surface area contributed by atoms with Crippen molar-refractivity contribution in [2.24, 2.45) is 128 Å². The fourth-order valence-electron chi connectivity index (χ4n) is 17.5. The van der Waals surface area contributed by atoms with Gasteiger partial charge in [-0.2, -0.15) is 0 Å². The highest BCUT2D eigenvalue weighted by molar-refractivity contribution is 5.07. The van der Waals surface area contributed by atoms with Gasteiger partial charge in [-0.15, -0.1) is 0 Å². The summed E-state index contributed by atoms with van der Waals surface area (Å²) in [7, 11) is 0. The maximum atomic E-state index is 2.80. The van der Waals surface area contributed by atoms with E-state index in [0.29, 0.717) is 27.1 Å². The smallest absolute Gasteiger partial charge is 0.0269 e. The number of hydrogen-bond acceptors (Lipinski definition) is 0. The standard InChI is InChI=1S/C59H108/c1-18-44(34-55(10,11)35-45-32-48(33-45)56(12,13)29-28-38(4)53-39(5)30-40(53)6)36-57(14,15)51-27-26-50(51)54(46-22-21-23-46)42(8)49-25-24-47(49)31-41(7)58(16,19-2)37-52-43(9)59(52,17)20-3/h38-54H,18-37H2,1-17H3. The molecule has 0 aromatic heterocycles. The normalized spacial score (nSPS) is 39.9. The van der Waals surface area contributed by atoms with Crippen LogP contribution >= 0.6 is 0 Å². The zero-order chi connectivity index (χ0) is 43.5. The molecule has 0 heteroatoms. The molecule has 0 bridgehead atoms. The van der Waals surface area contributed by atoms with Crippen molar-refractivity contribution in [1.29, 1.82) is 0 Å². The van der Waals surface area contributed by atoms with Crippen LogP contribution in [0.5, 0.6) is 0 Å². The zero-order valence-corrected chi connectivity index (χ0v) is 43.5. The second-order valence-electron chi connectivity index (χ2n) is 27.9. The lowest BCUT2D eigenvalue weighted by atomic mass is 9.47. The Morgan fingerprint density at radius 1 is 0.712 bits per heavy atom. The van der Waals surface area contributed by atoms with Crippen LogP contribution in [0.15, 0.2) is 0 Å². The van der Waals surface area contributed by atoms with E-state index in [2.05, 4.69) is 118 Å². The molecule has 0 aromatic carbocycles. The van der Waals surface area contributed by atoms with Gasteiger partial charge in [0.2, 0.25) is 0 Å². The fourth-order valence-corrected chi connectivity index (χ4v) is 17.5. The molecule has 15 atom stereocenters. The Hall–Kier alpha value is 0. The van der Waals surface area contributed by atoms with E-state index < -0.39 is 0 Å². The van der Waals surface area contributed by atoms with Gasteiger partial charge in [-0.3, -0.25) is 0 Å². The van der Waals surface area contributed by atoms with Gasteiger partial charge < -0.3 is 0 Å². The third-order valence-corrected chi connectivity index (χ3v) is 23.1. The van der Waals surface area contributed by atoms with E-state index in [4.69, 9.17) is 0 Å². The Kier molecular flexibility index (Phi) is 15.2. The van der Waals surface area contributed by atoms with Gasteiger partial charge in [-0.05, 0) is 218 Å². The van der Waals surface area contributed by atoms with Gasteiger partial charge in [0.15, 0.2) is 0 Å². The minimum Gasteiger partial charge on any atom is -0.0651 e. The van der Waals surface area contributed by atoms with E-state index in [9.17, 15) is 0 Å². The zero-order valence-electron chi connectivity index (χ0n) is 43.5. The maximum Gasteiger partial charge on any atom is -0.0269 e. The SMILES string of the molecule is CCC(CC(C)(C)CC1CC(C(C)(C)CCC(C)C2C(C)CC2C)C1)CC(C)(C)C1CCC1C(C1CCC1)C(C)C1CCC1CC(C)C(C)(CC)CC1C(C)C1(C)CC. The van der Waals surface area contributed by atoms with Gasteiger partial charge in [0.05, 0.1) is 0 Å². The largest absolute Gasteiger partial charge is 0.0651 e. The van der Waals surface area contributed by atoms with Crippen molar-refractivity contribution in [3.63, 3.8) is 0 Å². The van der Waals surface area contributed by atoms with Crippen LogP contribution in [0.1, 0.15) is 246 Å². The summed E-state index contributed by atoms with van der Waals surface area (Å²) in [6.45, 7) is 44.5. The molecular weight excluding hydrogens is 709 g/mol. The molecule has 0 radical (unpaired) electrons. The van der Waals surface area contributed by atoms with Gasteiger partial charge in [0.1, 0.15) is 0 Å². The van der Waals surface area contributed by atoms with Crippen molar-refractivity contribution >= 4 is 0 Å². The molecule has 6 rings (SSSR count). The molecule has 6 aliphatic rings. The van der Waals surface area contributed by atoms with Gasteiger partial charge in [-0.1, -0.05) is 156 Å². The molecule has 0 amide bonds. The lowest BCUT2D eigenvalue weighted by molar-refractivity contribution is -0.0870. The van der Waals surface area contributed by atoms with Crippen molar-refractivity contribution in [2.45, 2.75) is 246 Å². The van der Waals surface area contributed by atoms with E-state index in [-0.39, 0.29) is 0 Å². The van der Waals surface area contributed by atoms with Crippen molar-refractivity contribution in [3.8, 4) is 0 Å². The lowest BCUT2D eigenvalue weighted by Crippen LogP contribution is -2.50. The predicted molar refractivity (Wildman–Crippen MR) is 260 cm³/mol. The minimum atomic E-state index is 0.473. The van der Waals surface area contributed by atoms with Crippen molar-refractivity contribution < 1.29 is 0 Å². The molecule has 59 heavy (non-hydrogen) atoms. The number of hydrogen-bond donors (Lipinski definition) is 0. The van der Waals surface area contributed by atoms with Crippen LogP contribution < -0.4 is 0 Å². The highest BCUT2D eigenvalue weighted by atomic mass is 14.6. The molecule has 0 heterocycles. The summed E-state index contributed by atoms with van der Waals surface area (Å²) in [5.41, 5.74) is 2.60. The molecule has 6 fully saturated rings. The number of rotatable bonds is 24. The predicted octanol–water partition coefficient (Wildman–Crippen LogP) is 18.6. The first-order chi connectivity index (χ1) is 27.5. The highest BCUT2D eigenvalue weighted by Crippen LogP contribution is 2.66. The molecule has 15 unspecified atom stereocenters. The van der Waals surface area contributed by atoms with Gasteiger partial charge >= 0.3 is 0 Å². The summed E-state index contributed by atoms with van der Waals surface area (Å²) in [4.78, 5) is 0. The Morgan fingerprint density at radius 3 is 1.83 bits per heavy atom. The highest BCUT2D eigenvalue weighted by Gasteiger charge is 2.59. The second kappa shape index (κ2) is 18.5.